The standard InChI is InChI=1S/6CH3.3F5N4P3.3Sn/c;;;;;;3*1-10(2)7-11(3,4)9-12(5,6)8-10;;;/h6*1H3;;;;;;. The third-order valence-electron chi connectivity index (χ3n) is 5.85. The van der Waals surface area contributed by atoms with Gasteiger partial charge in [-0.3, -0.25) is 0 Å². The van der Waals surface area contributed by atoms with Crippen molar-refractivity contribution in [3.8, 4) is 0 Å². The van der Waals surface area contributed by atoms with Crippen molar-refractivity contribution in [2.45, 2.75) is 29.6 Å². The molecule has 1 saturated heterocycles. The van der Waals surface area contributed by atoms with Crippen molar-refractivity contribution in [2.24, 2.45) is 40.6 Å². The fourth-order valence-electron chi connectivity index (χ4n) is 5.76. The van der Waals surface area contributed by atoms with E-state index in [2.05, 4.69) is 27.1 Å². The summed E-state index contributed by atoms with van der Waals surface area (Å²) in [5.41, 5.74) is 0. The summed E-state index contributed by atoms with van der Waals surface area (Å²) in [5.74, 6) is 0. The predicted molar refractivity (Wildman–Crippen MR) is 159 cm³/mol. The molecule has 39 heteroatoms. The van der Waals surface area contributed by atoms with Gasteiger partial charge in [0.1, 0.15) is 0 Å². The van der Waals surface area contributed by atoms with E-state index in [0.717, 1.165) is 29.6 Å². The Morgan fingerprint density at radius 1 is 0.289 bits per heavy atom. The first kappa shape index (κ1) is 41.1. The number of hydrogen-bond donors (Lipinski definition) is 0. The van der Waals surface area contributed by atoms with E-state index in [9.17, 15) is 50.4 Å². The van der Waals surface area contributed by atoms with Gasteiger partial charge in [0.15, 0.2) is 0 Å². The van der Waals surface area contributed by atoms with E-state index < -0.39 is 127 Å². The second-order valence-electron chi connectivity index (χ2n) is 10.4. The molecular weight excluding hydrogens is 1160 g/mol. The quantitative estimate of drug-likeness (QED) is 0.159. The maximum absolute atomic E-state index is 16.9. The molecule has 4 heterocycles. The molecule has 0 aromatic heterocycles. The van der Waals surface area contributed by atoms with Gasteiger partial charge in [-0.15, -0.1) is 0 Å². The van der Waals surface area contributed by atoms with Crippen LogP contribution in [0.15, 0.2) is 40.6 Å². The number of hydrogen-bond acceptors (Lipinski definition) is 12. The van der Waals surface area contributed by atoms with E-state index in [-0.39, 0.29) is 3.34 Å². The molecule has 0 aromatic carbocycles. The minimum atomic E-state index is -6.63. The fourth-order valence-corrected chi connectivity index (χ4v) is 202. The van der Waals surface area contributed by atoms with Gasteiger partial charge in [0.05, 0.1) is 0 Å². The summed E-state index contributed by atoms with van der Waals surface area (Å²) >= 11 is -18.5. The summed E-state index contributed by atoms with van der Waals surface area (Å²) in [6, 6.07) is 0. The number of rotatable bonds is 3. The van der Waals surface area contributed by atoms with Gasteiger partial charge in [-0.25, -0.2) is 0 Å². The number of nitrogens with zero attached hydrogens (tertiary/aromatic N) is 12. The van der Waals surface area contributed by atoms with Gasteiger partial charge in [0.25, 0.3) is 0 Å². The Labute approximate surface area is 261 Å². The molecule has 45 heavy (non-hydrogen) atoms. The van der Waals surface area contributed by atoms with Gasteiger partial charge in [0, 0.05) is 0 Å². The topological polar surface area (TPSA) is 121 Å². The van der Waals surface area contributed by atoms with Crippen molar-refractivity contribution in [2.75, 3.05) is 0 Å². The molecule has 4 aliphatic heterocycles. The van der Waals surface area contributed by atoms with Crippen LogP contribution in [-0.4, -0.2) is 60.1 Å². The van der Waals surface area contributed by atoms with Crippen LogP contribution in [0.4, 0.5) is 63.0 Å². The summed E-state index contributed by atoms with van der Waals surface area (Å²) in [6.07, 6.45) is 0. The van der Waals surface area contributed by atoms with E-state index in [4.69, 9.17) is 0 Å². The van der Waals surface area contributed by atoms with E-state index in [1.807, 2.05) is 13.5 Å². The molecule has 0 aliphatic carbocycles. The third kappa shape index (κ3) is 7.83. The van der Waals surface area contributed by atoms with Crippen molar-refractivity contribution in [3.63, 3.8) is 0 Å². The molecule has 0 N–H and O–H groups in total. The first-order valence-electron chi connectivity index (χ1n) is 11.1. The molecular formula is C6H18F15N12P9Sn3. The van der Waals surface area contributed by atoms with Gasteiger partial charge < -0.3 is 0 Å². The van der Waals surface area contributed by atoms with Crippen LogP contribution in [-0.2, 0) is 0 Å². The molecule has 0 aromatic rings. The molecule has 3 atom stereocenters. The zero-order chi connectivity index (χ0) is 35.1. The predicted octanol–water partition coefficient (Wildman–Crippen LogP) is 17.1. The van der Waals surface area contributed by atoms with E-state index in [1.165, 1.54) is 0 Å². The molecule has 4 rings (SSSR count). The Morgan fingerprint density at radius 3 is 0.600 bits per heavy atom. The van der Waals surface area contributed by atoms with Crippen LogP contribution in [0.3, 0.4) is 0 Å². The molecule has 0 radical (unpaired) electrons. The second kappa shape index (κ2) is 11.6. The molecule has 1 fully saturated rings. The van der Waals surface area contributed by atoms with Gasteiger partial charge in [-0.05, 0) is 0 Å². The van der Waals surface area contributed by atoms with E-state index in [0.29, 0.717) is 0 Å². The molecule has 12 nitrogen and oxygen atoms in total. The average molecular weight is 1180 g/mol. The van der Waals surface area contributed by atoms with Crippen molar-refractivity contribution in [1.82, 2.24) is 3.34 Å². The summed E-state index contributed by atoms with van der Waals surface area (Å²) in [7, 11) is -58.8. The summed E-state index contributed by atoms with van der Waals surface area (Å²) in [6.45, 7) is 0. The van der Waals surface area contributed by atoms with Crippen LogP contribution < -0.4 is 0 Å². The Bertz CT molecular complexity index is 1630. The summed E-state index contributed by atoms with van der Waals surface area (Å²) in [4.78, 5) is 4.90. The van der Waals surface area contributed by atoms with E-state index in [1.54, 1.807) is 0 Å². The Morgan fingerprint density at radius 2 is 0.444 bits per heavy atom. The molecule has 0 amide bonds. The normalized spacial score (nSPS) is 40.2. The van der Waals surface area contributed by atoms with Gasteiger partial charge in [0.2, 0.25) is 0 Å². The molecule has 264 valence electrons. The molecule has 0 saturated carbocycles. The summed E-state index contributed by atoms with van der Waals surface area (Å²) < 4.78 is 246. The Kier molecular flexibility index (Phi) is 10.6. The fraction of sp³-hybridized carbons (Fsp3) is 1.00. The monoisotopic (exact) mass is 1180 g/mol. The Hall–Kier alpha value is 3.30. The second-order valence-corrected chi connectivity index (χ2v) is 77.1. The zero-order valence-corrected chi connectivity index (χ0v) is 39.2. The van der Waals surface area contributed by atoms with Gasteiger partial charge >= 0.3 is 263 Å². The van der Waals surface area contributed by atoms with Gasteiger partial charge in [-0.2, -0.15) is 0 Å². The van der Waals surface area contributed by atoms with Crippen molar-refractivity contribution in [3.05, 3.63) is 0 Å². The van der Waals surface area contributed by atoms with Gasteiger partial charge in [-0.1, -0.05) is 0 Å². The minimum absolute atomic E-state index is 0.0750. The van der Waals surface area contributed by atoms with Crippen LogP contribution in [0, 0.1) is 0 Å². The SMILES string of the molecule is [CH3][Sn]1([CH3])[N](P2(F)=NP(F)(F)=NP(F)(F)=N2)[Sn]([CH3])([CH3])[N](P2(F)=NP(F)(F)=NP(F)(F)=N2)[Sn]([CH3])([CH3])[N]1P1(F)=NP(F)(F)=NP(F)(F)=N1. The van der Waals surface area contributed by atoms with Crippen molar-refractivity contribution >= 4 is 127 Å². The van der Waals surface area contributed by atoms with Crippen LogP contribution in [0.5, 0.6) is 0 Å². The van der Waals surface area contributed by atoms with Crippen LogP contribution in [0.1, 0.15) is 0 Å². The molecule has 0 spiro atoms. The first-order chi connectivity index (χ1) is 19.5. The maximum atomic E-state index is 16.9. The van der Waals surface area contributed by atoms with Crippen LogP contribution in [0.2, 0.25) is 29.6 Å². The van der Waals surface area contributed by atoms with Crippen LogP contribution >= 0.6 is 70.0 Å². The average Bonchev–Trinajstić information content (AvgIpc) is 2.53. The van der Waals surface area contributed by atoms with Crippen molar-refractivity contribution < 1.29 is 63.0 Å². The first-order valence-corrected chi connectivity index (χ1v) is 49.3. The molecule has 4 aliphatic rings. The zero-order valence-electron chi connectivity index (χ0n) is 22.6. The summed E-state index contributed by atoms with van der Waals surface area (Å²) in [5, 5.41) is 0. The molecule has 0 bridgehead atoms. The number of halogens is 15. The third-order valence-corrected chi connectivity index (χ3v) is 137. The van der Waals surface area contributed by atoms with E-state index >= 15 is 12.6 Å². The van der Waals surface area contributed by atoms with Crippen molar-refractivity contribution in [1.29, 1.82) is 0 Å². The Balaban J connectivity index is 2.28. The van der Waals surface area contributed by atoms with Crippen LogP contribution in [0.25, 0.3) is 0 Å². The molecule has 3 unspecified atom stereocenters.